The van der Waals surface area contributed by atoms with Gasteiger partial charge in [0.1, 0.15) is 6.10 Å². The van der Waals surface area contributed by atoms with E-state index in [4.69, 9.17) is 10.8 Å². The molecule has 0 aromatic rings. The highest BCUT2D eigenvalue weighted by Gasteiger charge is 2.05. The van der Waals surface area contributed by atoms with Crippen molar-refractivity contribution in [1.82, 2.24) is 0 Å². The molecule has 0 heterocycles. The lowest BCUT2D eigenvalue weighted by molar-refractivity contribution is -0.125. The van der Waals surface area contributed by atoms with Crippen LogP contribution in [0.2, 0.25) is 0 Å². The van der Waals surface area contributed by atoms with Crippen molar-refractivity contribution in [1.29, 1.82) is 0 Å². The lowest BCUT2D eigenvalue weighted by atomic mass is 10.3. The molecule has 0 bridgehead atoms. The molecule has 4 nitrogen and oxygen atoms in total. The molecule has 0 aliphatic rings. The van der Waals surface area contributed by atoms with Crippen molar-refractivity contribution in [3.8, 4) is 0 Å². The van der Waals surface area contributed by atoms with Gasteiger partial charge in [0.15, 0.2) is 0 Å². The zero-order valence-corrected chi connectivity index (χ0v) is 3.79. The Morgan fingerprint density at radius 2 is 2.29 bits per heavy atom. The van der Waals surface area contributed by atoms with Crippen molar-refractivity contribution >= 4 is 5.91 Å². The van der Waals surface area contributed by atoms with E-state index in [9.17, 15) is 4.79 Å². The molecule has 0 aliphatic heterocycles. The lowest BCUT2D eigenvalue weighted by Gasteiger charge is -1.97. The number of primary amides is 1. The summed E-state index contributed by atoms with van der Waals surface area (Å²) in [5, 5.41) is 8.34. The van der Waals surface area contributed by atoms with E-state index < -0.39 is 12.0 Å². The first-order valence-corrected chi connectivity index (χ1v) is 1.86. The quantitative estimate of drug-likeness (QED) is 0.371. The molecule has 0 aromatic carbocycles. The van der Waals surface area contributed by atoms with E-state index in [0.29, 0.717) is 0 Å². The van der Waals surface area contributed by atoms with Gasteiger partial charge in [-0.25, -0.2) is 0 Å². The van der Waals surface area contributed by atoms with Gasteiger partial charge in [0.05, 0.1) is 0 Å². The van der Waals surface area contributed by atoms with Gasteiger partial charge in [0.25, 0.3) is 0 Å². The number of carbonyl (C=O) groups is 1. The van der Waals surface area contributed by atoms with Crippen molar-refractivity contribution in [3.05, 3.63) is 0 Å². The van der Waals surface area contributed by atoms with Gasteiger partial charge in [-0.05, 0) is 0 Å². The summed E-state index contributed by atoms with van der Waals surface area (Å²) in [6, 6.07) is 0. The average molecular weight is 104 g/mol. The highest BCUT2D eigenvalue weighted by Crippen LogP contribution is 1.70. The molecular weight excluding hydrogens is 96.0 g/mol. The Morgan fingerprint density at radius 1 is 1.86 bits per heavy atom. The molecule has 0 aliphatic carbocycles. The molecule has 0 rings (SSSR count). The van der Waals surface area contributed by atoms with E-state index >= 15 is 0 Å². The summed E-state index contributed by atoms with van der Waals surface area (Å²) < 4.78 is 0. The summed E-state index contributed by atoms with van der Waals surface area (Å²) in [4.78, 5) is 9.82. The summed E-state index contributed by atoms with van der Waals surface area (Å²) in [6.45, 7) is -0.102. The predicted molar refractivity (Wildman–Crippen MR) is 24.3 cm³/mol. The average Bonchev–Trinajstić information content (AvgIpc) is 1.65. The first-order valence-electron chi connectivity index (χ1n) is 1.86. The minimum Gasteiger partial charge on any atom is -0.382 e. The monoisotopic (exact) mass is 104 g/mol. The highest BCUT2D eigenvalue weighted by atomic mass is 16.3. The number of hydrogen-bond donors (Lipinski definition) is 3. The predicted octanol–water partition coefficient (Wildman–Crippen LogP) is -2.21. The second-order valence-electron chi connectivity index (χ2n) is 1.15. The topological polar surface area (TPSA) is 89.3 Å². The highest BCUT2D eigenvalue weighted by molar-refractivity contribution is 5.78. The summed E-state index contributed by atoms with van der Waals surface area (Å²) >= 11 is 0. The Kier molecular flexibility index (Phi) is 2.32. The zero-order chi connectivity index (χ0) is 5.86. The Morgan fingerprint density at radius 3 is 2.29 bits per heavy atom. The van der Waals surface area contributed by atoms with Crippen LogP contribution in [-0.4, -0.2) is 23.7 Å². The van der Waals surface area contributed by atoms with E-state index in [1.807, 2.05) is 0 Å². The number of hydrogen-bond acceptors (Lipinski definition) is 3. The van der Waals surface area contributed by atoms with Crippen molar-refractivity contribution in [2.75, 3.05) is 6.54 Å². The van der Waals surface area contributed by atoms with Gasteiger partial charge in [-0.2, -0.15) is 0 Å². The molecule has 0 fully saturated rings. The number of nitrogens with two attached hydrogens (primary N) is 2. The van der Waals surface area contributed by atoms with Crippen LogP contribution in [-0.2, 0) is 4.79 Å². The van der Waals surface area contributed by atoms with Crippen LogP contribution in [0.5, 0.6) is 0 Å². The third-order valence-corrected chi connectivity index (χ3v) is 0.552. The summed E-state index contributed by atoms with van der Waals surface area (Å²) in [5.74, 6) is -0.775. The van der Waals surface area contributed by atoms with Crippen LogP contribution in [0.1, 0.15) is 0 Å². The van der Waals surface area contributed by atoms with Gasteiger partial charge in [0, 0.05) is 6.54 Å². The second-order valence-corrected chi connectivity index (χ2v) is 1.15. The molecule has 5 N–H and O–H groups in total. The molecule has 0 spiro atoms. The molecule has 4 heteroatoms. The summed E-state index contributed by atoms with van der Waals surface area (Å²) in [6.07, 6.45) is -1.18. The van der Waals surface area contributed by atoms with E-state index in [1.54, 1.807) is 0 Å². The second kappa shape index (κ2) is 2.54. The Hall–Kier alpha value is -0.610. The molecule has 0 radical (unpaired) electrons. The molecule has 42 valence electrons. The van der Waals surface area contributed by atoms with E-state index in [2.05, 4.69) is 5.73 Å². The maximum absolute atomic E-state index is 9.82. The number of aliphatic hydroxyl groups excluding tert-OH is 1. The number of carbonyl (C=O) groups excluding carboxylic acids is 1. The number of amides is 1. The fraction of sp³-hybridized carbons (Fsp3) is 0.667. The zero-order valence-electron chi connectivity index (χ0n) is 3.79. The van der Waals surface area contributed by atoms with Gasteiger partial charge in [-0.15, -0.1) is 0 Å². The Bertz CT molecular complexity index is 73.3. The molecular formula is C3H8N2O2. The molecule has 7 heavy (non-hydrogen) atoms. The summed E-state index contributed by atoms with van der Waals surface area (Å²) in [5.41, 5.74) is 9.40. The van der Waals surface area contributed by atoms with Crippen LogP contribution in [0.3, 0.4) is 0 Å². The fourth-order valence-corrected chi connectivity index (χ4v) is 0.116. The van der Waals surface area contributed by atoms with Crippen molar-refractivity contribution in [3.63, 3.8) is 0 Å². The molecule has 0 saturated carbocycles. The lowest BCUT2D eigenvalue weighted by Crippen LogP contribution is -2.34. The van der Waals surface area contributed by atoms with Gasteiger partial charge in [-0.1, -0.05) is 0 Å². The minimum atomic E-state index is -1.18. The van der Waals surface area contributed by atoms with Crippen molar-refractivity contribution < 1.29 is 9.90 Å². The van der Waals surface area contributed by atoms with Crippen LogP contribution in [0.25, 0.3) is 0 Å². The van der Waals surface area contributed by atoms with Crippen LogP contribution >= 0.6 is 0 Å². The smallest absolute Gasteiger partial charge is 0.247 e. The SMILES string of the molecule is NC[C@H](O)C(N)=O. The van der Waals surface area contributed by atoms with Gasteiger partial charge < -0.3 is 16.6 Å². The largest absolute Gasteiger partial charge is 0.382 e. The third kappa shape index (κ3) is 2.13. The van der Waals surface area contributed by atoms with Crippen LogP contribution in [0.4, 0.5) is 0 Å². The minimum absolute atomic E-state index is 0.102. The van der Waals surface area contributed by atoms with Gasteiger partial charge in [-0.3, -0.25) is 4.79 Å². The fourth-order valence-electron chi connectivity index (χ4n) is 0.116. The molecule has 1 atom stereocenters. The van der Waals surface area contributed by atoms with Gasteiger partial charge in [0.2, 0.25) is 5.91 Å². The molecule has 0 unspecified atom stereocenters. The maximum Gasteiger partial charge on any atom is 0.247 e. The van der Waals surface area contributed by atoms with E-state index in [0.717, 1.165) is 0 Å². The number of rotatable bonds is 2. The van der Waals surface area contributed by atoms with Crippen LogP contribution in [0.15, 0.2) is 0 Å². The normalized spacial score (nSPS) is 13.4. The van der Waals surface area contributed by atoms with E-state index in [1.165, 1.54) is 0 Å². The van der Waals surface area contributed by atoms with Crippen molar-refractivity contribution in [2.24, 2.45) is 11.5 Å². The Labute approximate surface area is 41.1 Å². The van der Waals surface area contributed by atoms with E-state index in [-0.39, 0.29) is 6.54 Å². The third-order valence-electron chi connectivity index (χ3n) is 0.552. The molecule has 0 saturated heterocycles. The molecule has 1 amide bonds. The standard InChI is InChI=1S/C3H8N2O2/c4-1-2(6)3(5)7/h2,6H,1,4H2,(H2,5,7)/t2-/m0/s1. The first-order chi connectivity index (χ1) is 3.18. The van der Waals surface area contributed by atoms with Crippen LogP contribution < -0.4 is 11.5 Å². The number of aliphatic hydroxyl groups is 1. The molecule has 0 aromatic heterocycles. The van der Waals surface area contributed by atoms with Crippen molar-refractivity contribution in [2.45, 2.75) is 6.10 Å². The van der Waals surface area contributed by atoms with Crippen LogP contribution in [0, 0.1) is 0 Å². The Balaban J connectivity index is 3.34. The first kappa shape index (κ1) is 6.39. The summed E-state index contributed by atoms with van der Waals surface area (Å²) in [7, 11) is 0. The maximum atomic E-state index is 9.82. The van der Waals surface area contributed by atoms with Gasteiger partial charge >= 0.3 is 0 Å².